The highest BCUT2D eigenvalue weighted by molar-refractivity contribution is 6.79. The van der Waals surface area contributed by atoms with Crippen LogP contribution < -0.4 is 0 Å². The van der Waals surface area contributed by atoms with Crippen molar-refractivity contribution in [2.75, 3.05) is 0 Å². The molecule has 0 aromatic heterocycles. The fourth-order valence-electron chi connectivity index (χ4n) is 0.929. The Hall–Kier alpha value is 0.217. The molecule has 10 heavy (non-hydrogen) atoms. The standard InChI is InChI=1S/C9H21Si/c1-5-6-7-8-9-10(2,3)4/h9H,5-8H2,1-4H3. The van der Waals surface area contributed by atoms with Gasteiger partial charge in [0.1, 0.15) is 0 Å². The summed E-state index contributed by atoms with van der Waals surface area (Å²) in [6, 6.07) is 2.56. The first-order chi connectivity index (χ1) is 4.56. The van der Waals surface area contributed by atoms with Crippen molar-refractivity contribution in [3.8, 4) is 0 Å². The molecular weight excluding hydrogens is 136 g/mol. The van der Waals surface area contributed by atoms with Crippen LogP contribution in [-0.2, 0) is 0 Å². The number of hydrogen-bond donors (Lipinski definition) is 0. The average Bonchev–Trinajstić information content (AvgIpc) is 1.78. The Morgan fingerprint density at radius 1 is 1.10 bits per heavy atom. The van der Waals surface area contributed by atoms with Crippen molar-refractivity contribution >= 4 is 8.07 Å². The first-order valence-corrected chi connectivity index (χ1v) is 7.98. The Kier molecular flexibility index (Phi) is 5.05. The van der Waals surface area contributed by atoms with Gasteiger partial charge in [-0.05, 0) is 6.04 Å². The summed E-state index contributed by atoms with van der Waals surface area (Å²) in [5.41, 5.74) is 0. The van der Waals surface area contributed by atoms with Crippen LogP contribution in [0, 0.1) is 6.04 Å². The van der Waals surface area contributed by atoms with Gasteiger partial charge in [-0.2, -0.15) is 0 Å². The van der Waals surface area contributed by atoms with Gasteiger partial charge in [-0.3, -0.25) is 0 Å². The van der Waals surface area contributed by atoms with Crippen molar-refractivity contribution in [1.29, 1.82) is 0 Å². The molecule has 0 saturated carbocycles. The van der Waals surface area contributed by atoms with Gasteiger partial charge in [-0.25, -0.2) is 0 Å². The van der Waals surface area contributed by atoms with Crippen molar-refractivity contribution in [2.24, 2.45) is 0 Å². The van der Waals surface area contributed by atoms with Gasteiger partial charge in [0.25, 0.3) is 0 Å². The summed E-state index contributed by atoms with van der Waals surface area (Å²) < 4.78 is 0. The fraction of sp³-hybridized carbons (Fsp3) is 0.889. The summed E-state index contributed by atoms with van der Waals surface area (Å²) in [4.78, 5) is 0. The molecule has 0 atom stereocenters. The minimum Gasteiger partial charge on any atom is -0.0693 e. The Morgan fingerprint density at radius 3 is 2.10 bits per heavy atom. The van der Waals surface area contributed by atoms with Crippen LogP contribution in [0.25, 0.3) is 0 Å². The molecule has 1 radical (unpaired) electrons. The van der Waals surface area contributed by atoms with Crippen molar-refractivity contribution in [3.05, 3.63) is 6.04 Å². The van der Waals surface area contributed by atoms with E-state index in [1.807, 2.05) is 0 Å². The summed E-state index contributed by atoms with van der Waals surface area (Å²) in [7, 11) is -0.832. The lowest BCUT2D eigenvalue weighted by molar-refractivity contribution is 0.720. The van der Waals surface area contributed by atoms with E-state index < -0.39 is 8.07 Å². The summed E-state index contributed by atoms with van der Waals surface area (Å²) >= 11 is 0. The van der Waals surface area contributed by atoms with Crippen LogP contribution in [0.3, 0.4) is 0 Å². The van der Waals surface area contributed by atoms with Gasteiger partial charge in [0, 0.05) is 8.07 Å². The minimum atomic E-state index is -0.832. The molecule has 0 amide bonds. The smallest absolute Gasteiger partial charge is 0.0473 e. The van der Waals surface area contributed by atoms with Gasteiger partial charge in [-0.15, -0.1) is 0 Å². The molecule has 0 unspecified atom stereocenters. The molecule has 0 aliphatic rings. The van der Waals surface area contributed by atoms with E-state index in [1.165, 1.54) is 25.7 Å². The quantitative estimate of drug-likeness (QED) is 0.422. The van der Waals surface area contributed by atoms with E-state index in [0.717, 1.165) is 0 Å². The van der Waals surface area contributed by atoms with E-state index >= 15 is 0 Å². The summed E-state index contributed by atoms with van der Waals surface area (Å²) in [5, 5.41) is 0. The summed E-state index contributed by atoms with van der Waals surface area (Å²) in [6.07, 6.45) is 5.50. The zero-order valence-electron chi connectivity index (χ0n) is 7.91. The van der Waals surface area contributed by atoms with Gasteiger partial charge in [0.05, 0.1) is 0 Å². The average molecular weight is 157 g/mol. The summed E-state index contributed by atoms with van der Waals surface area (Å²) in [5.74, 6) is 0. The van der Waals surface area contributed by atoms with Gasteiger partial charge >= 0.3 is 0 Å². The monoisotopic (exact) mass is 157 g/mol. The van der Waals surface area contributed by atoms with Crippen LogP contribution in [0.15, 0.2) is 0 Å². The Labute approximate surface area is 67.0 Å². The molecule has 0 spiro atoms. The van der Waals surface area contributed by atoms with Crippen LogP contribution in [0.2, 0.25) is 19.6 Å². The third-order valence-corrected chi connectivity index (χ3v) is 3.08. The second kappa shape index (κ2) is 4.95. The topological polar surface area (TPSA) is 0 Å². The van der Waals surface area contributed by atoms with E-state index in [-0.39, 0.29) is 0 Å². The molecule has 0 aromatic rings. The number of hydrogen-bond acceptors (Lipinski definition) is 0. The molecule has 0 saturated heterocycles. The third kappa shape index (κ3) is 8.22. The zero-order valence-corrected chi connectivity index (χ0v) is 8.91. The fourth-order valence-corrected chi connectivity index (χ4v) is 2.00. The highest BCUT2D eigenvalue weighted by Crippen LogP contribution is 2.11. The van der Waals surface area contributed by atoms with Crippen LogP contribution in [0.1, 0.15) is 32.6 Å². The van der Waals surface area contributed by atoms with Crippen molar-refractivity contribution < 1.29 is 0 Å². The Morgan fingerprint density at radius 2 is 1.70 bits per heavy atom. The van der Waals surface area contributed by atoms with Crippen LogP contribution in [0.4, 0.5) is 0 Å². The maximum absolute atomic E-state index is 2.56. The lowest BCUT2D eigenvalue weighted by atomic mass is 10.2. The minimum absolute atomic E-state index is 0.832. The van der Waals surface area contributed by atoms with Crippen molar-refractivity contribution in [3.63, 3.8) is 0 Å². The van der Waals surface area contributed by atoms with E-state index in [1.54, 1.807) is 0 Å². The van der Waals surface area contributed by atoms with Crippen molar-refractivity contribution in [2.45, 2.75) is 52.2 Å². The predicted molar refractivity (Wildman–Crippen MR) is 51.8 cm³/mol. The van der Waals surface area contributed by atoms with Crippen LogP contribution in [0.5, 0.6) is 0 Å². The normalized spacial score (nSPS) is 12.0. The molecule has 1 heteroatoms. The van der Waals surface area contributed by atoms with Gasteiger partial charge in [-0.1, -0.05) is 52.2 Å². The third-order valence-electron chi connectivity index (χ3n) is 1.56. The van der Waals surface area contributed by atoms with E-state index in [2.05, 4.69) is 32.6 Å². The molecule has 0 aromatic carbocycles. The summed E-state index contributed by atoms with van der Waals surface area (Å²) in [6.45, 7) is 9.46. The SMILES string of the molecule is CCCCC[CH][Si](C)(C)C. The van der Waals surface area contributed by atoms with Crippen molar-refractivity contribution in [1.82, 2.24) is 0 Å². The molecule has 0 nitrogen and oxygen atoms in total. The first-order valence-electron chi connectivity index (χ1n) is 4.40. The van der Waals surface area contributed by atoms with Gasteiger partial charge in [0.15, 0.2) is 0 Å². The Balaban J connectivity index is 3.04. The molecule has 0 heterocycles. The highest BCUT2D eigenvalue weighted by Gasteiger charge is 2.11. The van der Waals surface area contributed by atoms with E-state index in [9.17, 15) is 0 Å². The van der Waals surface area contributed by atoms with Gasteiger partial charge in [0.2, 0.25) is 0 Å². The Bertz CT molecular complexity index is 71.3. The lowest BCUT2D eigenvalue weighted by Crippen LogP contribution is -2.20. The largest absolute Gasteiger partial charge is 0.0693 e. The maximum atomic E-state index is 2.56. The van der Waals surface area contributed by atoms with E-state index in [4.69, 9.17) is 0 Å². The molecule has 0 aliphatic heterocycles. The first kappa shape index (κ1) is 10.2. The second-order valence-electron chi connectivity index (χ2n) is 4.07. The molecule has 61 valence electrons. The zero-order chi connectivity index (χ0) is 8.04. The van der Waals surface area contributed by atoms with Crippen LogP contribution in [-0.4, -0.2) is 8.07 Å². The predicted octanol–water partition coefficient (Wildman–Crippen LogP) is 3.65. The molecule has 0 fully saturated rings. The van der Waals surface area contributed by atoms with E-state index in [0.29, 0.717) is 0 Å². The number of unbranched alkanes of at least 4 members (excludes halogenated alkanes) is 3. The van der Waals surface area contributed by atoms with Crippen LogP contribution >= 0.6 is 0 Å². The number of rotatable bonds is 5. The second-order valence-corrected chi connectivity index (χ2v) is 9.21. The highest BCUT2D eigenvalue weighted by atomic mass is 28.3. The molecular formula is C9H21Si. The molecule has 0 N–H and O–H groups in total. The maximum Gasteiger partial charge on any atom is 0.0473 e. The molecule has 0 rings (SSSR count). The molecule has 0 bridgehead atoms. The van der Waals surface area contributed by atoms with Gasteiger partial charge < -0.3 is 0 Å². The lowest BCUT2D eigenvalue weighted by Gasteiger charge is -2.14. The molecule has 0 aliphatic carbocycles.